The normalized spacial score (nSPS) is 13.3. The number of esters is 1. The molecule has 2 N–H and O–H groups in total. The van der Waals surface area contributed by atoms with Gasteiger partial charge in [-0.15, -0.1) is 0 Å². The molecule has 126 valence electrons. The molecular weight excluding hydrogens is 292 g/mol. The molecule has 1 aromatic rings. The molecule has 1 rings (SSSR count). The first-order valence-electron chi connectivity index (χ1n) is 7.93. The molecule has 0 aliphatic carbocycles. The highest BCUT2D eigenvalue weighted by Crippen LogP contribution is 2.21. The Kier molecular flexibility index (Phi) is 8.13. The number of hydrogen-bond donors (Lipinski definition) is 2. The minimum Gasteiger partial charge on any atom is -0.508 e. The molecule has 0 aliphatic heterocycles. The second-order valence-corrected chi connectivity index (χ2v) is 5.45. The number of carbonyl (C=O) groups is 1. The Hall–Kier alpha value is -2.07. The zero-order valence-electron chi connectivity index (χ0n) is 14.1. The summed E-state index contributed by atoms with van der Waals surface area (Å²) < 4.78 is 4.97. The van der Waals surface area contributed by atoms with Gasteiger partial charge >= 0.3 is 5.97 Å². The monoisotopic (exact) mass is 318 g/mol. The van der Waals surface area contributed by atoms with E-state index >= 15 is 0 Å². The number of allylic oxidation sites excluding steroid dienone is 3. The zero-order chi connectivity index (χ0) is 17.2. The lowest BCUT2D eigenvalue weighted by atomic mass is 10.0. The van der Waals surface area contributed by atoms with Crippen molar-refractivity contribution in [2.45, 2.75) is 46.1 Å². The fourth-order valence-electron chi connectivity index (χ4n) is 2.17. The number of benzene rings is 1. The van der Waals surface area contributed by atoms with Crippen molar-refractivity contribution < 1.29 is 19.7 Å². The Morgan fingerprint density at radius 3 is 2.78 bits per heavy atom. The van der Waals surface area contributed by atoms with Crippen molar-refractivity contribution in [3.8, 4) is 5.75 Å². The Morgan fingerprint density at radius 1 is 1.39 bits per heavy atom. The maximum atomic E-state index is 11.7. The summed E-state index contributed by atoms with van der Waals surface area (Å²) in [4.78, 5) is 11.7. The smallest absolute Gasteiger partial charge is 0.338 e. The van der Waals surface area contributed by atoms with Crippen LogP contribution in [0.5, 0.6) is 5.75 Å². The van der Waals surface area contributed by atoms with Gasteiger partial charge in [-0.25, -0.2) is 4.79 Å². The fourth-order valence-corrected chi connectivity index (χ4v) is 2.17. The van der Waals surface area contributed by atoms with E-state index in [0.29, 0.717) is 30.6 Å². The summed E-state index contributed by atoms with van der Waals surface area (Å²) in [6.45, 7) is 5.95. The van der Waals surface area contributed by atoms with E-state index in [2.05, 4.69) is 0 Å². The van der Waals surface area contributed by atoms with Gasteiger partial charge in [0.25, 0.3) is 0 Å². The van der Waals surface area contributed by atoms with E-state index in [0.717, 1.165) is 12.0 Å². The molecule has 0 bridgehead atoms. The summed E-state index contributed by atoms with van der Waals surface area (Å²) in [5, 5.41) is 19.6. The third-order valence-electron chi connectivity index (χ3n) is 3.51. The van der Waals surface area contributed by atoms with Gasteiger partial charge in [-0.05, 0) is 63.8 Å². The SMILES string of the molecule is C/C=C/C(O)CC/C(C)=C/Cc1cc(C(=O)OCC)ccc1O. The summed E-state index contributed by atoms with van der Waals surface area (Å²) in [7, 11) is 0. The molecule has 0 fully saturated rings. The van der Waals surface area contributed by atoms with Gasteiger partial charge in [0.2, 0.25) is 0 Å². The van der Waals surface area contributed by atoms with E-state index in [4.69, 9.17) is 4.74 Å². The van der Waals surface area contributed by atoms with Gasteiger partial charge in [0.1, 0.15) is 5.75 Å². The van der Waals surface area contributed by atoms with Crippen LogP contribution >= 0.6 is 0 Å². The number of rotatable bonds is 8. The maximum absolute atomic E-state index is 11.7. The van der Waals surface area contributed by atoms with E-state index in [1.54, 1.807) is 25.1 Å². The Morgan fingerprint density at radius 2 is 2.13 bits per heavy atom. The number of phenols is 1. The molecule has 0 heterocycles. The van der Waals surface area contributed by atoms with E-state index in [9.17, 15) is 15.0 Å². The van der Waals surface area contributed by atoms with Crippen LogP contribution in [0.4, 0.5) is 0 Å². The quantitative estimate of drug-likeness (QED) is 0.565. The molecule has 0 saturated heterocycles. The average molecular weight is 318 g/mol. The van der Waals surface area contributed by atoms with Gasteiger partial charge in [-0.3, -0.25) is 0 Å². The molecule has 0 amide bonds. The van der Waals surface area contributed by atoms with Gasteiger partial charge in [-0.2, -0.15) is 0 Å². The zero-order valence-corrected chi connectivity index (χ0v) is 14.1. The predicted molar refractivity (Wildman–Crippen MR) is 91.6 cm³/mol. The van der Waals surface area contributed by atoms with Crippen LogP contribution in [0.2, 0.25) is 0 Å². The molecular formula is C19H26O4. The summed E-state index contributed by atoms with van der Waals surface area (Å²) in [6.07, 6.45) is 7.16. The van der Waals surface area contributed by atoms with Crippen molar-refractivity contribution in [3.05, 3.63) is 53.1 Å². The first kappa shape index (κ1) is 19.0. The Balaban J connectivity index is 2.70. The van der Waals surface area contributed by atoms with Gasteiger partial charge in [0, 0.05) is 0 Å². The number of aliphatic hydroxyl groups is 1. The molecule has 4 heteroatoms. The molecule has 23 heavy (non-hydrogen) atoms. The molecule has 4 nitrogen and oxygen atoms in total. The second-order valence-electron chi connectivity index (χ2n) is 5.45. The highest BCUT2D eigenvalue weighted by molar-refractivity contribution is 5.89. The molecule has 0 spiro atoms. The van der Waals surface area contributed by atoms with Crippen molar-refractivity contribution in [1.29, 1.82) is 0 Å². The fraction of sp³-hybridized carbons (Fsp3) is 0.421. The summed E-state index contributed by atoms with van der Waals surface area (Å²) in [5.41, 5.74) is 2.26. The molecule has 1 atom stereocenters. The lowest BCUT2D eigenvalue weighted by Crippen LogP contribution is -2.05. The van der Waals surface area contributed by atoms with Crippen molar-refractivity contribution in [2.75, 3.05) is 6.61 Å². The first-order valence-corrected chi connectivity index (χ1v) is 7.93. The van der Waals surface area contributed by atoms with Crippen LogP contribution in [0.25, 0.3) is 0 Å². The topological polar surface area (TPSA) is 66.8 Å². The summed E-state index contributed by atoms with van der Waals surface area (Å²) in [6, 6.07) is 4.73. The third-order valence-corrected chi connectivity index (χ3v) is 3.51. The Bertz CT molecular complexity index is 573. The number of ether oxygens (including phenoxy) is 1. The van der Waals surface area contributed by atoms with Crippen LogP contribution in [0, 0.1) is 0 Å². The lowest BCUT2D eigenvalue weighted by molar-refractivity contribution is 0.0526. The van der Waals surface area contributed by atoms with E-state index in [-0.39, 0.29) is 11.7 Å². The molecule has 1 aromatic carbocycles. The standard InChI is InChI=1S/C19H26O4/c1-4-6-17(20)11-8-14(3)7-9-15-13-16(10-12-18(15)21)19(22)23-5-2/h4,6-7,10,12-13,17,20-21H,5,8-9,11H2,1-3H3/b6-4+,14-7+. The van der Waals surface area contributed by atoms with Gasteiger partial charge in [0.15, 0.2) is 0 Å². The van der Waals surface area contributed by atoms with Crippen LogP contribution in [0.15, 0.2) is 42.0 Å². The molecule has 0 aliphatic rings. The third kappa shape index (κ3) is 6.70. The molecule has 0 saturated carbocycles. The van der Waals surface area contributed by atoms with Gasteiger partial charge < -0.3 is 14.9 Å². The lowest BCUT2D eigenvalue weighted by Gasteiger charge is -2.08. The number of carbonyl (C=O) groups excluding carboxylic acids is 1. The number of aliphatic hydroxyl groups excluding tert-OH is 1. The highest BCUT2D eigenvalue weighted by atomic mass is 16.5. The van der Waals surface area contributed by atoms with Crippen LogP contribution in [-0.4, -0.2) is 28.9 Å². The largest absolute Gasteiger partial charge is 0.508 e. The summed E-state index contributed by atoms with van der Waals surface area (Å²) >= 11 is 0. The van der Waals surface area contributed by atoms with Crippen LogP contribution < -0.4 is 0 Å². The van der Waals surface area contributed by atoms with E-state index in [1.807, 2.05) is 26.0 Å². The number of phenolic OH excluding ortho intramolecular Hbond substituents is 1. The van der Waals surface area contributed by atoms with E-state index < -0.39 is 6.10 Å². The van der Waals surface area contributed by atoms with Crippen molar-refractivity contribution >= 4 is 5.97 Å². The van der Waals surface area contributed by atoms with Crippen LogP contribution in [0.3, 0.4) is 0 Å². The molecule has 0 radical (unpaired) electrons. The van der Waals surface area contributed by atoms with Crippen molar-refractivity contribution in [2.24, 2.45) is 0 Å². The number of hydrogen-bond acceptors (Lipinski definition) is 4. The van der Waals surface area contributed by atoms with E-state index in [1.165, 1.54) is 6.07 Å². The summed E-state index contributed by atoms with van der Waals surface area (Å²) in [5.74, 6) is -0.222. The van der Waals surface area contributed by atoms with Crippen molar-refractivity contribution in [3.63, 3.8) is 0 Å². The Labute approximate surface area is 138 Å². The minimum atomic E-state index is -0.427. The van der Waals surface area contributed by atoms with Crippen LogP contribution in [0.1, 0.15) is 49.5 Å². The average Bonchev–Trinajstić information content (AvgIpc) is 2.52. The maximum Gasteiger partial charge on any atom is 0.338 e. The first-order chi connectivity index (χ1) is 11.0. The number of aromatic hydroxyl groups is 1. The minimum absolute atomic E-state index is 0.163. The second kappa shape index (κ2) is 9.85. The highest BCUT2D eigenvalue weighted by Gasteiger charge is 2.09. The van der Waals surface area contributed by atoms with Gasteiger partial charge in [0.05, 0.1) is 18.3 Å². The van der Waals surface area contributed by atoms with Gasteiger partial charge in [-0.1, -0.05) is 23.8 Å². The molecule has 1 unspecified atom stereocenters. The van der Waals surface area contributed by atoms with Crippen LogP contribution in [-0.2, 0) is 11.2 Å². The predicted octanol–water partition coefficient (Wildman–Crippen LogP) is 3.77. The molecule has 0 aromatic heterocycles. The van der Waals surface area contributed by atoms with Crippen molar-refractivity contribution in [1.82, 2.24) is 0 Å².